The summed E-state index contributed by atoms with van der Waals surface area (Å²) in [6.45, 7) is 1.47. The molecule has 1 aromatic rings. The van der Waals surface area contributed by atoms with Crippen LogP contribution in [-0.4, -0.2) is 42.2 Å². The molecule has 2 rings (SSSR count). The van der Waals surface area contributed by atoms with Gasteiger partial charge in [0.25, 0.3) is 0 Å². The lowest BCUT2D eigenvalue weighted by Gasteiger charge is -2.27. The average molecular weight is 300 g/mol. The molecule has 4 nitrogen and oxygen atoms in total. The fraction of sp³-hybridized carbons (Fsp3) is 0.533. The van der Waals surface area contributed by atoms with Gasteiger partial charge in [-0.05, 0) is 37.9 Å². The fourth-order valence-electron chi connectivity index (χ4n) is 2.35. The predicted octanol–water partition coefficient (Wildman–Crippen LogP) is 2.60. The molecule has 1 aliphatic rings. The van der Waals surface area contributed by atoms with Crippen LogP contribution in [-0.2, 0) is 11.2 Å². The van der Waals surface area contributed by atoms with Gasteiger partial charge in [-0.25, -0.2) is 0 Å². The van der Waals surface area contributed by atoms with Gasteiger partial charge in [0, 0.05) is 13.1 Å². The molecule has 0 fully saturated rings. The third-order valence-electron chi connectivity index (χ3n) is 3.54. The Balaban J connectivity index is 0.00000200. The van der Waals surface area contributed by atoms with Gasteiger partial charge in [-0.3, -0.25) is 4.79 Å². The molecule has 1 aromatic carbocycles. The quantitative estimate of drug-likeness (QED) is 0.877. The number of para-hydroxylation sites is 1. The maximum atomic E-state index is 10.5. The molecular formula is C15H22ClNO3. The minimum atomic E-state index is -0.741. The Morgan fingerprint density at radius 1 is 1.40 bits per heavy atom. The Labute approximate surface area is 126 Å². The molecule has 0 bridgehead atoms. The van der Waals surface area contributed by atoms with Gasteiger partial charge in [0.05, 0.1) is 6.42 Å². The van der Waals surface area contributed by atoms with E-state index in [-0.39, 0.29) is 24.9 Å². The Morgan fingerprint density at radius 3 is 2.90 bits per heavy atom. The third-order valence-corrected chi connectivity index (χ3v) is 3.54. The summed E-state index contributed by atoms with van der Waals surface area (Å²) in [7, 11) is 1.96. The number of hydrogen-bond donors (Lipinski definition) is 1. The lowest BCUT2D eigenvalue weighted by atomic mass is 10.0. The van der Waals surface area contributed by atoms with Crippen molar-refractivity contribution in [2.75, 3.05) is 20.1 Å². The molecular weight excluding hydrogens is 278 g/mol. The summed E-state index contributed by atoms with van der Waals surface area (Å²) in [4.78, 5) is 12.5. The number of carboxylic acids is 1. The van der Waals surface area contributed by atoms with Crippen LogP contribution in [0.25, 0.3) is 0 Å². The zero-order valence-corrected chi connectivity index (χ0v) is 12.6. The number of nitrogens with zero attached hydrogens (tertiary/aromatic N) is 1. The Hall–Kier alpha value is -1.26. The van der Waals surface area contributed by atoms with Gasteiger partial charge in [0.15, 0.2) is 0 Å². The minimum absolute atomic E-state index is 0. The number of halogens is 1. The zero-order chi connectivity index (χ0) is 13.7. The third kappa shape index (κ3) is 5.02. The summed E-state index contributed by atoms with van der Waals surface area (Å²) in [5.41, 5.74) is 1.29. The molecule has 1 heterocycles. The number of benzene rings is 1. The smallest absolute Gasteiger partial charge is 0.304 e. The predicted molar refractivity (Wildman–Crippen MR) is 80.8 cm³/mol. The fourth-order valence-corrected chi connectivity index (χ4v) is 2.35. The lowest BCUT2D eigenvalue weighted by molar-refractivity contribution is -0.137. The largest absolute Gasteiger partial charge is 0.490 e. The van der Waals surface area contributed by atoms with Gasteiger partial charge in [0.2, 0.25) is 0 Å². The number of carboxylic acid groups (broad SMARTS) is 1. The van der Waals surface area contributed by atoms with Crippen molar-refractivity contribution in [2.45, 2.75) is 31.8 Å². The van der Waals surface area contributed by atoms with Gasteiger partial charge in [-0.2, -0.15) is 0 Å². The van der Waals surface area contributed by atoms with E-state index < -0.39 is 5.97 Å². The van der Waals surface area contributed by atoms with Gasteiger partial charge >= 0.3 is 5.97 Å². The highest BCUT2D eigenvalue weighted by Gasteiger charge is 2.19. The highest BCUT2D eigenvalue weighted by Crippen LogP contribution is 2.28. The van der Waals surface area contributed by atoms with Crippen LogP contribution in [0, 0.1) is 0 Å². The maximum Gasteiger partial charge on any atom is 0.304 e. The Bertz CT molecular complexity index is 439. The van der Waals surface area contributed by atoms with E-state index in [1.54, 1.807) is 0 Å². The summed E-state index contributed by atoms with van der Waals surface area (Å²) < 4.78 is 5.96. The number of ether oxygens (including phenoxy) is 1. The molecule has 20 heavy (non-hydrogen) atoms. The van der Waals surface area contributed by atoms with Crippen molar-refractivity contribution < 1.29 is 14.6 Å². The number of aryl methyl sites for hydroxylation is 1. The van der Waals surface area contributed by atoms with E-state index in [1.807, 2.05) is 25.2 Å². The van der Waals surface area contributed by atoms with E-state index in [2.05, 4.69) is 11.0 Å². The van der Waals surface area contributed by atoms with Gasteiger partial charge in [-0.1, -0.05) is 18.2 Å². The first-order valence-corrected chi connectivity index (χ1v) is 6.80. The molecule has 1 aliphatic heterocycles. The molecule has 1 N–H and O–H groups in total. The van der Waals surface area contributed by atoms with Crippen molar-refractivity contribution in [2.24, 2.45) is 0 Å². The summed E-state index contributed by atoms with van der Waals surface area (Å²) in [5, 5.41) is 8.64. The first kappa shape index (κ1) is 16.8. The monoisotopic (exact) mass is 299 g/mol. The van der Waals surface area contributed by atoms with E-state index in [9.17, 15) is 4.79 Å². The van der Waals surface area contributed by atoms with Crippen molar-refractivity contribution in [1.82, 2.24) is 4.90 Å². The van der Waals surface area contributed by atoms with Gasteiger partial charge in [-0.15, -0.1) is 12.4 Å². The van der Waals surface area contributed by atoms with E-state index >= 15 is 0 Å². The van der Waals surface area contributed by atoms with E-state index in [4.69, 9.17) is 9.84 Å². The summed E-state index contributed by atoms with van der Waals surface area (Å²) in [6.07, 6.45) is 3.51. The van der Waals surface area contributed by atoms with Crippen LogP contribution in [0.15, 0.2) is 24.3 Å². The van der Waals surface area contributed by atoms with Crippen LogP contribution in [0.3, 0.4) is 0 Å². The van der Waals surface area contributed by atoms with E-state index in [0.717, 1.165) is 31.6 Å². The molecule has 0 aromatic heterocycles. The van der Waals surface area contributed by atoms with Crippen molar-refractivity contribution >= 4 is 18.4 Å². The molecule has 0 amide bonds. The molecule has 0 saturated carbocycles. The van der Waals surface area contributed by atoms with Gasteiger partial charge < -0.3 is 14.7 Å². The van der Waals surface area contributed by atoms with Crippen molar-refractivity contribution in [1.29, 1.82) is 0 Å². The lowest BCUT2D eigenvalue weighted by Crippen LogP contribution is -2.30. The maximum absolute atomic E-state index is 10.5. The number of rotatable bonds is 6. The average Bonchev–Trinajstić information content (AvgIpc) is 2.42. The summed E-state index contributed by atoms with van der Waals surface area (Å²) >= 11 is 0. The molecule has 0 aliphatic carbocycles. The summed E-state index contributed by atoms with van der Waals surface area (Å²) in [6, 6.07) is 8.18. The van der Waals surface area contributed by atoms with E-state index in [1.165, 1.54) is 5.56 Å². The Morgan fingerprint density at radius 2 is 2.15 bits per heavy atom. The molecule has 0 spiro atoms. The Kier molecular flexibility index (Phi) is 6.82. The molecule has 0 radical (unpaired) electrons. The van der Waals surface area contributed by atoms with Crippen LogP contribution in [0.4, 0.5) is 0 Å². The minimum Gasteiger partial charge on any atom is -0.490 e. The first-order chi connectivity index (χ1) is 9.15. The van der Waals surface area contributed by atoms with Crippen molar-refractivity contribution in [3.63, 3.8) is 0 Å². The number of aliphatic carboxylic acids is 1. The van der Waals surface area contributed by atoms with Gasteiger partial charge in [0.1, 0.15) is 11.9 Å². The van der Waals surface area contributed by atoms with Crippen molar-refractivity contribution in [3.05, 3.63) is 29.8 Å². The van der Waals surface area contributed by atoms with Crippen LogP contribution in [0.5, 0.6) is 5.75 Å². The first-order valence-electron chi connectivity index (χ1n) is 6.80. The second kappa shape index (κ2) is 8.12. The number of hydrogen-bond acceptors (Lipinski definition) is 3. The van der Waals surface area contributed by atoms with Crippen molar-refractivity contribution in [3.8, 4) is 5.75 Å². The van der Waals surface area contributed by atoms with E-state index in [0.29, 0.717) is 6.54 Å². The second-order valence-corrected chi connectivity index (χ2v) is 5.12. The highest BCUT2D eigenvalue weighted by molar-refractivity contribution is 5.85. The topological polar surface area (TPSA) is 49.8 Å². The standard InChI is InChI=1S/C15H21NO3.ClH/c1-16(11-9-15(17)18)10-8-13-7-6-12-4-2-3-5-14(12)19-13;/h2-5,13H,6-11H2,1H3,(H,17,18);1H. The second-order valence-electron chi connectivity index (χ2n) is 5.12. The van der Waals surface area contributed by atoms with Crippen LogP contribution in [0.2, 0.25) is 0 Å². The normalized spacial score (nSPS) is 17.0. The molecule has 1 unspecified atom stereocenters. The molecule has 5 heteroatoms. The molecule has 1 atom stereocenters. The zero-order valence-electron chi connectivity index (χ0n) is 11.7. The molecule has 112 valence electrons. The van der Waals surface area contributed by atoms with Crippen LogP contribution >= 0.6 is 12.4 Å². The SMILES string of the molecule is CN(CCC(=O)O)CCC1CCc2ccccc2O1.Cl. The summed E-state index contributed by atoms with van der Waals surface area (Å²) in [5.74, 6) is 0.265. The number of carbonyl (C=O) groups is 1. The molecule has 0 saturated heterocycles. The van der Waals surface area contributed by atoms with Crippen LogP contribution < -0.4 is 4.74 Å². The van der Waals surface area contributed by atoms with Crippen LogP contribution in [0.1, 0.15) is 24.8 Å². The number of fused-ring (bicyclic) bond motifs is 1. The highest BCUT2D eigenvalue weighted by atomic mass is 35.5.